The summed E-state index contributed by atoms with van der Waals surface area (Å²) in [5.41, 5.74) is 3.14. The van der Waals surface area contributed by atoms with Crippen molar-refractivity contribution in [3.05, 3.63) is 29.3 Å². The minimum Gasteiger partial charge on any atom is -0.338 e. The number of rotatable bonds is 2. The molecule has 3 heteroatoms. The number of aryl methyl sites for hydroxylation is 2. The maximum atomic E-state index is 11.2. The van der Waals surface area contributed by atoms with E-state index in [1.807, 2.05) is 39.0 Å². The summed E-state index contributed by atoms with van der Waals surface area (Å²) in [5, 5.41) is 5.47. The molecule has 0 aliphatic heterocycles. The van der Waals surface area contributed by atoms with Crippen LogP contribution in [0.5, 0.6) is 0 Å². The molecule has 2 amide bonds. The molecule has 0 fully saturated rings. The van der Waals surface area contributed by atoms with E-state index in [2.05, 4.69) is 10.6 Å². The molecule has 0 saturated carbocycles. The van der Waals surface area contributed by atoms with Crippen LogP contribution >= 0.6 is 0 Å². The number of carbonyl (C=O) groups is 1. The number of anilines is 1. The maximum Gasteiger partial charge on any atom is 0.319 e. The smallest absolute Gasteiger partial charge is 0.319 e. The number of amides is 2. The lowest BCUT2D eigenvalue weighted by Gasteiger charge is -2.09. The molecule has 0 aliphatic rings. The fourth-order valence-electron chi connectivity index (χ4n) is 1.28. The average Bonchev–Trinajstić information content (AvgIpc) is 2.10. The van der Waals surface area contributed by atoms with Crippen molar-refractivity contribution in [2.24, 2.45) is 0 Å². The van der Waals surface area contributed by atoms with Gasteiger partial charge >= 0.3 is 6.03 Å². The first kappa shape index (κ1) is 10.6. The lowest BCUT2D eigenvalue weighted by atomic mass is 10.1. The van der Waals surface area contributed by atoms with Gasteiger partial charge in [-0.3, -0.25) is 0 Å². The van der Waals surface area contributed by atoms with E-state index in [0.29, 0.717) is 6.54 Å². The SMILES string of the molecule is CCNC(=O)Nc1ccc(C)cc1C. The first-order chi connectivity index (χ1) is 6.63. The second-order valence-corrected chi connectivity index (χ2v) is 3.30. The molecule has 1 aromatic carbocycles. The Kier molecular flexibility index (Phi) is 3.51. The molecular weight excluding hydrogens is 176 g/mol. The minimum absolute atomic E-state index is 0.153. The van der Waals surface area contributed by atoms with Crippen LogP contribution in [-0.2, 0) is 0 Å². The lowest BCUT2D eigenvalue weighted by molar-refractivity contribution is 0.252. The van der Waals surface area contributed by atoms with Crippen LogP contribution in [0.2, 0.25) is 0 Å². The average molecular weight is 192 g/mol. The third-order valence-corrected chi connectivity index (χ3v) is 1.97. The quantitative estimate of drug-likeness (QED) is 0.742. The normalized spacial score (nSPS) is 9.64. The van der Waals surface area contributed by atoms with Crippen LogP contribution in [0, 0.1) is 13.8 Å². The van der Waals surface area contributed by atoms with Crippen molar-refractivity contribution in [1.82, 2.24) is 5.32 Å². The van der Waals surface area contributed by atoms with Crippen molar-refractivity contribution < 1.29 is 4.79 Å². The molecule has 0 atom stereocenters. The van der Waals surface area contributed by atoms with E-state index in [1.54, 1.807) is 0 Å². The molecule has 0 heterocycles. The largest absolute Gasteiger partial charge is 0.338 e. The van der Waals surface area contributed by atoms with E-state index in [9.17, 15) is 4.79 Å². The fourth-order valence-corrected chi connectivity index (χ4v) is 1.28. The van der Waals surface area contributed by atoms with E-state index < -0.39 is 0 Å². The van der Waals surface area contributed by atoms with Gasteiger partial charge < -0.3 is 10.6 Å². The molecule has 0 unspecified atom stereocenters. The summed E-state index contributed by atoms with van der Waals surface area (Å²) < 4.78 is 0. The molecule has 0 bridgehead atoms. The van der Waals surface area contributed by atoms with Crippen LogP contribution in [0.1, 0.15) is 18.1 Å². The number of urea groups is 1. The van der Waals surface area contributed by atoms with Gasteiger partial charge in [0.25, 0.3) is 0 Å². The summed E-state index contributed by atoms with van der Waals surface area (Å²) in [6.45, 7) is 6.54. The van der Waals surface area contributed by atoms with Crippen molar-refractivity contribution >= 4 is 11.7 Å². The summed E-state index contributed by atoms with van der Waals surface area (Å²) >= 11 is 0. The first-order valence-corrected chi connectivity index (χ1v) is 4.75. The Hall–Kier alpha value is -1.51. The summed E-state index contributed by atoms with van der Waals surface area (Å²) in [6, 6.07) is 5.79. The van der Waals surface area contributed by atoms with E-state index in [1.165, 1.54) is 5.56 Å². The lowest BCUT2D eigenvalue weighted by Crippen LogP contribution is -2.28. The van der Waals surface area contributed by atoms with Crippen LogP contribution in [0.4, 0.5) is 10.5 Å². The number of hydrogen-bond donors (Lipinski definition) is 2. The monoisotopic (exact) mass is 192 g/mol. The standard InChI is InChI=1S/C11H16N2O/c1-4-12-11(14)13-10-6-5-8(2)7-9(10)3/h5-7H,4H2,1-3H3,(H2,12,13,14). The second kappa shape index (κ2) is 4.65. The summed E-state index contributed by atoms with van der Waals surface area (Å²) in [4.78, 5) is 11.2. The van der Waals surface area contributed by atoms with Gasteiger partial charge in [0, 0.05) is 12.2 Å². The van der Waals surface area contributed by atoms with E-state index in [4.69, 9.17) is 0 Å². The minimum atomic E-state index is -0.153. The zero-order valence-electron chi connectivity index (χ0n) is 8.85. The Bertz CT molecular complexity index is 334. The van der Waals surface area contributed by atoms with Gasteiger partial charge in [-0.05, 0) is 32.4 Å². The Morgan fingerprint density at radius 1 is 1.36 bits per heavy atom. The summed E-state index contributed by atoms with van der Waals surface area (Å²) in [5.74, 6) is 0. The zero-order chi connectivity index (χ0) is 10.6. The van der Waals surface area contributed by atoms with Crippen LogP contribution in [0.25, 0.3) is 0 Å². The predicted octanol–water partition coefficient (Wildman–Crippen LogP) is 2.44. The molecule has 1 aromatic rings. The molecule has 0 aromatic heterocycles. The van der Waals surface area contributed by atoms with E-state index in [0.717, 1.165) is 11.3 Å². The zero-order valence-corrected chi connectivity index (χ0v) is 8.85. The first-order valence-electron chi connectivity index (χ1n) is 4.75. The van der Waals surface area contributed by atoms with Crippen LogP contribution < -0.4 is 10.6 Å². The van der Waals surface area contributed by atoms with Gasteiger partial charge in [0.15, 0.2) is 0 Å². The number of benzene rings is 1. The van der Waals surface area contributed by atoms with Crippen molar-refractivity contribution in [3.8, 4) is 0 Å². The molecule has 0 radical (unpaired) electrons. The van der Waals surface area contributed by atoms with E-state index in [-0.39, 0.29) is 6.03 Å². The van der Waals surface area contributed by atoms with Gasteiger partial charge in [-0.15, -0.1) is 0 Å². The van der Waals surface area contributed by atoms with Crippen LogP contribution in [0.3, 0.4) is 0 Å². The van der Waals surface area contributed by atoms with Gasteiger partial charge in [-0.25, -0.2) is 4.79 Å². The molecule has 1 rings (SSSR count). The molecule has 2 N–H and O–H groups in total. The van der Waals surface area contributed by atoms with Gasteiger partial charge in [-0.1, -0.05) is 17.7 Å². The molecule has 0 saturated heterocycles. The predicted molar refractivity (Wildman–Crippen MR) is 58.6 cm³/mol. The Morgan fingerprint density at radius 2 is 2.07 bits per heavy atom. The second-order valence-electron chi connectivity index (χ2n) is 3.30. The molecule has 0 spiro atoms. The number of carbonyl (C=O) groups excluding carboxylic acids is 1. The fraction of sp³-hybridized carbons (Fsp3) is 0.364. The molecule has 3 nitrogen and oxygen atoms in total. The number of nitrogens with one attached hydrogen (secondary N) is 2. The highest BCUT2D eigenvalue weighted by Crippen LogP contribution is 2.15. The van der Waals surface area contributed by atoms with Crippen LogP contribution in [0.15, 0.2) is 18.2 Å². The topological polar surface area (TPSA) is 41.1 Å². The molecule has 14 heavy (non-hydrogen) atoms. The van der Waals surface area contributed by atoms with Gasteiger partial charge in [0.05, 0.1) is 0 Å². The van der Waals surface area contributed by atoms with Crippen molar-refractivity contribution in [2.75, 3.05) is 11.9 Å². The summed E-state index contributed by atoms with van der Waals surface area (Å²) in [7, 11) is 0. The third kappa shape index (κ3) is 2.76. The maximum absolute atomic E-state index is 11.2. The highest BCUT2D eigenvalue weighted by molar-refractivity contribution is 5.90. The van der Waals surface area contributed by atoms with Gasteiger partial charge in [-0.2, -0.15) is 0 Å². The van der Waals surface area contributed by atoms with Crippen molar-refractivity contribution in [2.45, 2.75) is 20.8 Å². The number of hydrogen-bond acceptors (Lipinski definition) is 1. The third-order valence-electron chi connectivity index (χ3n) is 1.97. The van der Waals surface area contributed by atoms with Crippen molar-refractivity contribution in [3.63, 3.8) is 0 Å². The van der Waals surface area contributed by atoms with Crippen LogP contribution in [-0.4, -0.2) is 12.6 Å². The highest BCUT2D eigenvalue weighted by Gasteiger charge is 2.02. The highest BCUT2D eigenvalue weighted by atomic mass is 16.2. The van der Waals surface area contributed by atoms with Crippen molar-refractivity contribution in [1.29, 1.82) is 0 Å². The Labute approximate surface area is 84.5 Å². The Balaban J connectivity index is 2.72. The van der Waals surface area contributed by atoms with E-state index >= 15 is 0 Å². The summed E-state index contributed by atoms with van der Waals surface area (Å²) in [6.07, 6.45) is 0. The molecule has 76 valence electrons. The van der Waals surface area contributed by atoms with Gasteiger partial charge in [0.2, 0.25) is 0 Å². The molecular formula is C11H16N2O. The van der Waals surface area contributed by atoms with Gasteiger partial charge in [0.1, 0.15) is 0 Å². The Morgan fingerprint density at radius 3 is 2.64 bits per heavy atom. The molecule has 0 aliphatic carbocycles.